The van der Waals surface area contributed by atoms with Gasteiger partial charge < -0.3 is 5.32 Å². The molecule has 0 bridgehead atoms. The van der Waals surface area contributed by atoms with E-state index in [1.165, 1.54) is 44.1 Å². The molecule has 0 spiro atoms. The molecular weight excluding hydrogens is 206 g/mol. The molecule has 2 fully saturated rings. The van der Waals surface area contributed by atoms with Gasteiger partial charge in [-0.25, -0.2) is 0 Å². The lowest BCUT2D eigenvalue weighted by Gasteiger charge is -2.29. The molecule has 2 saturated carbocycles. The van der Waals surface area contributed by atoms with Crippen LogP contribution >= 0.6 is 0 Å². The van der Waals surface area contributed by atoms with E-state index in [1.807, 2.05) is 0 Å². The number of benzene rings is 1. The summed E-state index contributed by atoms with van der Waals surface area (Å²) in [4.78, 5) is 0. The summed E-state index contributed by atoms with van der Waals surface area (Å²) >= 11 is 0. The second-order valence-electron chi connectivity index (χ2n) is 5.76. The first-order valence-electron chi connectivity index (χ1n) is 7.21. The van der Waals surface area contributed by atoms with Crippen LogP contribution in [-0.2, 0) is 6.54 Å². The highest BCUT2D eigenvalue weighted by molar-refractivity contribution is 5.14. The molecule has 1 heteroatoms. The van der Waals surface area contributed by atoms with Crippen molar-refractivity contribution in [1.82, 2.24) is 5.32 Å². The second-order valence-corrected chi connectivity index (χ2v) is 5.76. The van der Waals surface area contributed by atoms with Gasteiger partial charge in [0.15, 0.2) is 0 Å². The topological polar surface area (TPSA) is 12.0 Å². The van der Waals surface area contributed by atoms with E-state index < -0.39 is 0 Å². The highest BCUT2D eigenvalue weighted by Crippen LogP contribution is 2.42. The molecule has 2 aliphatic rings. The molecule has 0 heterocycles. The fourth-order valence-electron chi connectivity index (χ4n) is 3.83. The van der Waals surface area contributed by atoms with Crippen LogP contribution in [0.1, 0.15) is 44.1 Å². The normalized spacial score (nSPS) is 32.4. The van der Waals surface area contributed by atoms with Gasteiger partial charge in [-0.05, 0) is 36.7 Å². The van der Waals surface area contributed by atoms with Crippen molar-refractivity contribution >= 4 is 0 Å². The van der Waals surface area contributed by atoms with E-state index in [0.29, 0.717) is 0 Å². The highest BCUT2D eigenvalue weighted by Gasteiger charge is 2.36. The maximum atomic E-state index is 3.80. The van der Waals surface area contributed by atoms with Crippen molar-refractivity contribution in [1.29, 1.82) is 0 Å². The van der Waals surface area contributed by atoms with Gasteiger partial charge in [0.25, 0.3) is 0 Å². The quantitative estimate of drug-likeness (QED) is 0.832. The van der Waals surface area contributed by atoms with E-state index in [4.69, 9.17) is 0 Å². The van der Waals surface area contributed by atoms with Gasteiger partial charge in [0.2, 0.25) is 0 Å². The number of fused-ring (bicyclic) bond motifs is 1. The van der Waals surface area contributed by atoms with Crippen molar-refractivity contribution in [3.63, 3.8) is 0 Å². The van der Waals surface area contributed by atoms with Crippen molar-refractivity contribution in [3.8, 4) is 0 Å². The van der Waals surface area contributed by atoms with Crippen LogP contribution < -0.4 is 5.32 Å². The summed E-state index contributed by atoms with van der Waals surface area (Å²) in [6.45, 7) is 1.05. The summed E-state index contributed by atoms with van der Waals surface area (Å²) in [6.07, 6.45) is 8.78. The van der Waals surface area contributed by atoms with Crippen molar-refractivity contribution in [2.75, 3.05) is 0 Å². The van der Waals surface area contributed by atoms with Crippen LogP contribution in [0, 0.1) is 11.8 Å². The summed E-state index contributed by atoms with van der Waals surface area (Å²) in [5.74, 6) is 2.02. The SMILES string of the molecule is c1ccc(CN[C@@H]2CC[C@H]3CCCC[C@H]32)cc1. The van der Waals surface area contributed by atoms with Crippen molar-refractivity contribution in [2.45, 2.75) is 51.1 Å². The molecule has 1 nitrogen and oxygen atoms in total. The monoisotopic (exact) mass is 229 g/mol. The molecule has 0 radical (unpaired) electrons. The molecule has 1 N–H and O–H groups in total. The lowest BCUT2D eigenvalue weighted by Crippen LogP contribution is -2.34. The predicted octanol–water partition coefficient (Wildman–Crippen LogP) is 3.75. The molecule has 3 atom stereocenters. The maximum Gasteiger partial charge on any atom is 0.0208 e. The first-order chi connectivity index (χ1) is 8.43. The van der Waals surface area contributed by atoms with Crippen LogP contribution in [0.25, 0.3) is 0 Å². The largest absolute Gasteiger partial charge is 0.310 e. The third kappa shape index (κ3) is 2.55. The third-order valence-electron chi connectivity index (χ3n) is 4.74. The number of nitrogens with one attached hydrogen (secondary N) is 1. The standard InChI is InChI=1S/C16H23N/c1-2-6-13(7-3-1)12-17-16-11-10-14-8-4-5-9-15(14)16/h1-3,6-7,14-17H,4-5,8-12H2/t14-,15-,16-/m1/s1. The fourth-order valence-corrected chi connectivity index (χ4v) is 3.83. The number of rotatable bonds is 3. The Morgan fingerprint density at radius 1 is 0.941 bits per heavy atom. The zero-order valence-electron chi connectivity index (χ0n) is 10.6. The molecule has 1 aromatic rings. The molecule has 0 unspecified atom stereocenters. The van der Waals surface area contributed by atoms with Gasteiger partial charge in [-0.15, -0.1) is 0 Å². The highest BCUT2D eigenvalue weighted by atomic mass is 14.9. The van der Waals surface area contributed by atoms with E-state index in [2.05, 4.69) is 35.6 Å². The predicted molar refractivity (Wildman–Crippen MR) is 71.8 cm³/mol. The molecule has 0 saturated heterocycles. The van der Waals surface area contributed by atoms with Crippen LogP contribution in [0.4, 0.5) is 0 Å². The zero-order valence-corrected chi connectivity index (χ0v) is 10.6. The first-order valence-corrected chi connectivity index (χ1v) is 7.21. The van der Waals surface area contributed by atoms with Gasteiger partial charge >= 0.3 is 0 Å². The molecule has 1 aromatic carbocycles. The second kappa shape index (κ2) is 5.22. The van der Waals surface area contributed by atoms with Gasteiger partial charge in [-0.2, -0.15) is 0 Å². The molecule has 17 heavy (non-hydrogen) atoms. The molecule has 0 amide bonds. The van der Waals surface area contributed by atoms with Gasteiger partial charge in [-0.1, -0.05) is 49.6 Å². The minimum atomic E-state index is 0.792. The Bertz CT molecular complexity index is 346. The fraction of sp³-hybridized carbons (Fsp3) is 0.625. The van der Waals surface area contributed by atoms with Gasteiger partial charge in [-0.3, -0.25) is 0 Å². The Morgan fingerprint density at radius 3 is 2.65 bits per heavy atom. The molecule has 3 rings (SSSR count). The van der Waals surface area contributed by atoms with Gasteiger partial charge in [0, 0.05) is 12.6 Å². The first kappa shape index (κ1) is 11.3. The molecule has 92 valence electrons. The van der Waals surface area contributed by atoms with Crippen molar-refractivity contribution in [3.05, 3.63) is 35.9 Å². The average Bonchev–Trinajstić information content (AvgIpc) is 2.81. The van der Waals surface area contributed by atoms with Gasteiger partial charge in [0.1, 0.15) is 0 Å². The van der Waals surface area contributed by atoms with E-state index in [0.717, 1.165) is 24.4 Å². The lowest BCUT2D eigenvalue weighted by atomic mass is 9.80. The molecule has 0 aliphatic heterocycles. The van der Waals surface area contributed by atoms with Crippen LogP contribution in [0.3, 0.4) is 0 Å². The summed E-state index contributed by atoms with van der Waals surface area (Å²) in [6, 6.07) is 11.6. The van der Waals surface area contributed by atoms with Gasteiger partial charge in [0.05, 0.1) is 0 Å². The lowest BCUT2D eigenvalue weighted by molar-refractivity contribution is 0.241. The van der Waals surface area contributed by atoms with E-state index in [-0.39, 0.29) is 0 Å². The number of hydrogen-bond acceptors (Lipinski definition) is 1. The van der Waals surface area contributed by atoms with Crippen LogP contribution in [-0.4, -0.2) is 6.04 Å². The Labute approximate surface area is 105 Å². The Hall–Kier alpha value is -0.820. The van der Waals surface area contributed by atoms with E-state index >= 15 is 0 Å². The smallest absolute Gasteiger partial charge is 0.0208 e. The third-order valence-corrected chi connectivity index (χ3v) is 4.74. The molecule has 0 aromatic heterocycles. The van der Waals surface area contributed by atoms with Crippen molar-refractivity contribution in [2.24, 2.45) is 11.8 Å². The Kier molecular flexibility index (Phi) is 3.46. The summed E-state index contributed by atoms with van der Waals surface area (Å²) < 4.78 is 0. The van der Waals surface area contributed by atoms with Crippen LogP contribution in [0.2, 0.25) is 0 Å². The molecule has 2 aliphatic carbocycles. The number of hydrogen-bond donors (Lipinski definition) is 1. The Balaban J connectivity index is 1.55. The summed E-state index contributed by atoms with van der Waals surface area (Å²) in [5.41, 5.74) is 1.42. The summed E-state index contributed by atoms with van der Waals surface area (Å²) in [5, 5.41) is 3.80. The van der Waals surface area contributed by atoms with E-state index in [9.17, 15) is 0 Å². The maximum absolute atomic E-state index is 3.80. The van der Waals surface area contributed by atoms with Crippen molar-refractivity contribution < 1.29 is 0 Å². The average molecular weight is 229 g/mol. The minimum absolute atomic E-state index is 0.792. The van der Waals surface area contributed by atoms with E-state index in [1.54, 1.807) is 0 Å². The van der Waals surface area contributed by atoms with Crippen LogP contribution in [0.5, 0.6) is 0 Å². The summed E-state index contributed by atoms with van der Waals surface area (Å²) in [7, 11) is 0. The minimum Gasteiger partial charge on any atom is -0.310 e. The molecular formula is C16H23N. The zero-order chi connectivity index (χ0) is 11.5. The Morgan fingerprint density at radius 2 is 1.76 bits per heavy atom. The van der Waals surface area contributed by atoms with Crippen LogP contribution in [0.15, 0.2) is 30.3 Å².